The number of hydrogen-bond donors (Lipinski definition) is 1. The minimum atomic E-state index is -0.0245. The molecule has 4 nitrogen and oxygen atoms in total. The standard InChI is InChI=1S/C15H23N3O/c1-3-17(4-2)15(19)16-13-8-7-9-14(12-13)18-10-5-6-11-18/h7-9,12H,3-6,10-11H2,1-2H3,(H,16,19). The van der Waals surface area contributed by atoms with E-state index in [1.807, 2.05) is 26.0 Å². The Morgan fingerprint density at radius 1 is 1.26 bits per heavy atom. The molecule has 1 heterocycles. The molecule has 1 aromatic rings. The van der Waals surface area contributed by atoms with Gasteiger partial charge in [0.1, 0.15) is 0 Å². The van der Waals surface area contributed by atoms with E-state index in [2.05, 4.69) is 22.3 Å². The van der Waals surface area contributed by atoms with E-state index in [-0.39, 0.29) is 6.03 Å². The van der Waals surface area contributed by atoms with Crippen molar-refractivity contribution >= 4 is 17.4 Å². The summed E-state index contributed by atoms with van der Waals surface area (Å²) < 4.78 is 0. The number of benzene rings is 1. The lowest BCUT2D eigenvalue weighted by Gasteiger charge is -2.21. The van der Waals surface area contributed by atoms with Crippen LogP contribution in [0.3, 0.4) is 0 Å². The molecule has 0 atom stereocenters. The van der Waals surface area contributed by atoms with E-state index in [1.165, 1.54) is 18.5 Å². The quantitative estimate of drug-likeness (QED) is 0.903. The molecule has 2 rings (SSSR count). The molecule has 0 unspecified atom stereocenters. The second-order valence-corrected chi connectivity index (χ2v) is 4.85. The Labute approximate surface area is 115 Å². The van der Waals surface area contributed by atoms with Gasteiger partial charge in [-0.3, -0.25) is 0 Å². The van der Waals surface area contributed by atoms with Crippen molar-refractivity contribution in [2.24, 2.45) is 0 Å². The van der Waals surface area contributed by atoms with Crippen LogP contribution in [0.4, 0.5) is 16.2 Å². The molecule has 19 heavy (non-hydrogen) atoms. The number of anilines is 2. The van der Waals surface area contributed by atoms with Crippen molar-refractivity contribution in [2.45, 2.75) is 26.7 Å². The summed E-state index contributed by atoms with van der Waals surface area (Å²) in [5.41, 5.74) is 2.08. The van der Waals surface area contributed by atoms with E-state index in [9.17, 15) is 4.79 Å². The molecule has 0 saturated carbocycles. The molecule has 1 saturated heterocycles. The highest BCUT2D eigenvalue weighted by atomic mass is 16.2. The molecule has 0 aliphatic carbocycles. The van der Waals surface area contributed by atoms with Gasteiger partial charge in [-0.05, 0) is 44.9 Å². The zero-order valence-corrected chi connectivity index (χ0v) is 11.9. The summed E-state index contributed by atoms with van der Waals surface area (Å²) in [5, 5.41) is 2.97. The molecule has 1 aliphatic rings. The van der Waals surface area contributed by atoms with E-state index in [4.69, 9.17) is 0 Å². The zero-order valence-electron chi connectivity index (χ0n) is 11.9. The number of carbonyl (C=O) groups is 1. The van der Waals surface area contributed by atoms with Crippen molar-refractivity contribution in [3.63, 3.8) is 0 Å². The van der Waals surface area contributed by atoms with Crippen molar-refractivity contribution in [3.05, 3.63) is 24.3 Å². The molecule has 1 N–H and O–H groups in total. The molecular formula is C15H23N3O. The predicted octanol–water partition coefficient (Wildman–Crippen LogP) is 3.16. The van der Waals surface area contributed by atoms with E-state index in [0.29, 0.717) is 0 Å². The first-order chi connectivity index (χ1) is 9.24. The number of amides is 2. The Kier molecular flexibility index (Phi) is 4.66. The van der Waals surface area contributed by atoms with Crippen molar-refractivity contribution in [1.82, 2.24) is 4.90 Å². The van der Waals surface area contributed by atoms with E-state index < -0.39 is 0 Å². The molecule has 4 heteroatoms. The van der Waals surface area contributed by atoms with Crippen molar-refractivity contribution in [2.75, 3.05) is 36.4 Å². The van der Waals surface area contributed by atoms with Crippen LogP contribution >= 0.6 is 0 Å². The van der Waals surface area contributed by atoms with Gasteiger partial charge < -0.3 is 15.1 Å². The maximum absolute atomic E-state index is 12.0. The first-order valence-corrected chi connectivity index (χ1v) is 7.15. The molecular weight excluding hydrogens is 238 g/mol. The smallest absolute Gasteiger partial charge is 0.321 e. The van der Waals surface area contributed by atoms with Gasteiger partial charge >= 0.3 is 6.03 Å². The van der Waals surface area contributed by atoms with E-state index >= 15 is 0 Å². The van der Waals surface area contributed by atoms with Gasteiger partial charge in [0.15, 0.2) is 0 Å². The minimum absolute atomic E-state index is 0.0245. The number of carbonyl (C=O) groups excluding carboxylic acids is 1. The third-order valence-electron chi connectivity index (χ3n) is 3.62. The Morgan fingerprint density at radius 3 is 2.58 bits per heavy atom. The second kappa shape index (κ2) is 6.45. The van der Waals surface area contributed by atoms with E-state index in [0.717, 1.165) is 31.9 Å². The molecule has 1 fully saturated rings. The van der Waals surface area contributed by atoms with E-state index in [1.54, 1.807) is 4.90 Å². The Hall–Kier alpha value is -1.71. The second-order valence-electron chi connectivity index (χ2n) is 4.85. The molecule has 2 amide bonds. The molecule has 0 spiro atoms. The highest BCUT2D eigenvalue weighted by Crippen LogP contribution is 2.23. The monoisotopic (exact) mass is 261 g/mol. The third-order valence-corrected chi connectivity index (χ3v) is 3.62. The summed E-state index contributed by atoms with van der Waals surface area (Å²) >= 11 is 0. The van der Waals surface area contributed by atoms with Gasteiger partial charge in [-0.25, -0.2) is 4.79 Å². The number of nitrogens with zero attached hydrogens (tertiary/aromatic N) is 2. The lowest BCUT2D eigenvalue weighted by molar-refractivity contribution is 0.217. The topological polar surface area (TPSA) is 35.6 Å². The average Bonchev–Trinajstić information content (AvgIpc) is 2.94. The Bertz CT molecular complexity index is 423. The highest BCUT2D eigenvalue weighted by Gasteiger charge is 2.14. The van der Waals surface area contributed by atoms with Gasteiger partial charge in [0.05, 0.1) is 0 Å². The van der Waals surface area contributed by atoms with Crippen LogP contribution in [-0.4, -0.2) is 37.1 Å². The number of hydrogen-bond acceptors (Lipinski definition) is 2. The van der Waals surface area contributed by atoms with Gasteiger partial charge in [-0.2, -0.15) is 0 Å². The largest absolute Gasteiger partial charge is 0.371 e. The van der Waals surface area contributed by atoms with Crippen LogP contribution in [0.25, 0.3) is 0 Å². The SMILES string of the molecule is CCN(CC)C(=O)Nc1cccc(N2CCCC2)c1. The van der Waals surface area contributed by atoms with Crippen LogP contribution in [0.1, 0.15) is 26.7 Å². The third kappa shape index (κ3) is 3.40. The van der Waals surface area contributed by atoms with Crippen LogP contribution in [0.2, 0.25) is 0 Å². The fourth-order valence-corrected chi connectivity index (χ4v) is 2.47. The summed E-state index contributed by atoms with van der Waals surface area (Å²) in [7, 11) is 0. The van der Waals surface area contributed by atoms with Crippen LogP contribution in [0.5, 0.6) is 0 Å². The van der Waals surface area contributed by atoms with Crippen LogP contribution in [0.15, 0.2) is 24.3 Å². The van der Waals surface area contributed by atoms with Gasteiger partial charge in [0, 0.05) is 37.6 Å². The average molecular weight is 261 g/mol. The van der Waals surface area contributed by atoms with Crippen molar-refractivity contribution in [1.29, 1.82) is 0 Å². The molecule has 0 aromatic heterocycles. The molecule has 0 bridgehead atoms. The first kappa shape index (κ1) is 13.7. The van der Waals surface area contributed by atoms with Gasteiger partial charge in [-0.1, -0.05) is 6.07 Å². The lowest BCUT2D eigenvalue weighted by atomic mass is 10.2. The minimum Gasteiger partial charge on any atom is -0.371 e. The van der Waals surface area contributed by atoms with Crippen LogP contribution in [0, 0.1) is 0 Å². The summed E-state index contributed by atoms with van der Waals surface area (Å²) in [6.07, 6.45) is 2.52. The van der Waals surface area contributed by atoms with Gasteiger partial charge in [0.2, 0.25) is 0 Å². The fourth-order valence-electron chi connectivity index (χ4n) is 2.47. The zero-order chi connectivity index (χ0) is 13.7. The van der Waals surface area contributed by atoms with Crippen LogP contribution in [-0.2, 0) is 0 Å². The van der Waals surface area contributed by atoms with Gasteiger partial charge in [-0.15, -0.1) is 0 Å². The van der Waals surface area contributed by atoms with Crippen molar-refractivity contribution < 1.29 is 4.79 Å². The predicted molar refractivity (Wildman–Crippen MR) is 79.8 cm³/mol. The molecule has 1 aromatic carbocycles. The summed E-state index contributed by atoms with van der Waals surface area (Å²) in [5.74, 6) is 0. The maximum Gasteiger partial charge on any atom is 0.321 e. The molecule has 104 valence electrons. The fraction of sp³-hybridized carbons (Fsp3) is 0.533. The Morgan fingerprint density at radius 2 is 1.95 bits per heavy atom. The summed E-state index contributed by atoms with van der Waals surface area (Å²) in [4.78, 5) is 16.2. The molecule has 0 radical (unpaired) electrons. The summed E-state index contributed by atoms with van der Waals surface area (Å²) in [6.45, 7) is 7.68. The maximum atomic E-state index is 12.0. The lowest BCUT2D eigenvalue weighted by Crippen LogP contribution is -2.34. The van der Waals surface area contributed by atoms with Gasteiger partial charge in [0.25, 0.3) is 0 Å². The number of nitrogens with one attached hydrogen (secondary N) is 1. The Balaban J connectivity index is 2.04. The highest BCUT2D eigenvalue weighted by molar-refractivity contribution is 5.89. The first-order valence-electron chi connectivity index (χ1n) is 7.15. The number of rotatable bonds is 4. The van der Waals surface area contributed by atoms with Crippen molar-refractivity contribution in [3.8, 4) is 0 Å². The van der Waals surface area contributed by atoms with Crippen LogP contribution < -0.4 is 10.2 Å². The molecule has 1 aliphatic heterocycles. The summed E-state index contributed by atoms with van der Waals surface area (Å²) in [6, 6.07) is 8.10. The normalized spacial score (nSPS) is 14.5. The number of urea groups is 1.